The Kier molecular flexibility index (Phi) is 6.01. The van der Waals surface area contributed by atoms with Crippen molar-refractivity contribution >= 4 is 0 Å². The van der Waals surface area contributed by atoms with Crippen molar-refractivity contribution in [2.45, 2.75) is 51.4 Å². The topological polar surface area (TPSA) is 59.3 Å². The Morgan fingerprint density at radius 1 is 1.50 bits per heavy atom. The van der Waals surface area contributed by atoms with Crippen molar-refractivity contribution in [2.24, 2.45) is 13.0 Å². The average molecular weight is 281 g/mol. The maximum atomic E-state index is 9.95. The first kappa shape index (κ1) is 15.5. The minimum atomic E-state index is -0.454. The van der Waals surface area contributed by atoms with E-state index in [0.29, 0.717) is 31.7 Å². The van der Waals surface area contributed by atoms with Gasteiger partial charge >= 0.3 is 0 Å². The highest BCUT2D eigenvalue weighted by atomic mass is 16.5. The second kappa shape index (κ2) is 7.76. The number of nitrogens with zero attached hydrogens (tertiary/aromatic N) is 2. The van der Waals surface area contributed by atoms with Gasteiger partial charge in [-0.25, -0.2) is 4.98 Å². The Labute approximate surface area is 121 Å². The Balaban J connectivity index is 1.60. The van der Waals surface area contributed by atoms with Gasteiger partial charge in [-0.1, -0.05) is 19.8 Å². The maximum absolute atomic E-state index is 9.95. The molecule has 114 valence electrons. The molecule has 3 atom stereocenters. The number of aliphatic hydroxyl groups excluding tert-OH is 1. The normalized spacial score (nSPS) is 24.8. The molecule has 1 fully saturated rings. The standard InChI is InChI=1S/C15H27N3O2/c1-12-5-3-4-6-14(12)20-11-13(19)9-16-10-15-17-7-8-18(15)2/h7-8,12-14,16,19H,3-6,9-11H2,1-2H3. The molecule has 1 aromatic heterocycles. The number of aromatic nitrogens is 2. The number of rotatable bonds is 7. The molecule has 3 unspecified atom stereocenters. The first-order valence-corrected chi connectivity index (χ1v) is 7.63. The summed E-state index contributed by atoms with van der Waals surface area (Å²) in [5, 5.41) is 13.2. The molecule has 0 aromatic carbocycles. The van der Waals surface area contributed by atoms with Crippen molar-refractivity contribution in [2.75, 3.05) is 13.2 Å². The number of aliphatic hydroxyl groups is 1. The van der Waals surface area contributed by atoms with E-state index >= 15 is 0 Å². The quantitative estimate of drug-likeness (QED) is 0.794. The summed E-state index contributed by atoms with van der Waals surface area (Å²) in [6, 6.07) is 0. The molecule has 5 nitrogen and oxygen atoms in total. The van der Waals surface area contributed by atoms with E-state index in [2.05, 4.69) is 17.2 Å². The van der Waals surface area contributed by atoms with Gasteiger partial charge in [-0.15, -0.1) is 0 Å². The predicted molar refractivity (Wildman–Crippen MR) is 78.3 cm³/mol. The highest BCUT2D eigenvalue weighted by Crippen LogP contribution is 2.26. The molecule has 1 heterocycles. The van der Waals surface area contributed by atoms with Crippen molar-refractivity contribution < 1.29 is 9.84 Å². The van der Waals surface area contributed by atoms with Crippen LogP contribution in [0.3, 0.4) is 0 Å². The van der Waals surface area contributed by atoms with E-state index < -0.39 is 6.10 Å². The van der Waals surface area contributed by atoms with Crippen LogP contribution in [0.2, 0.25) is 0 Å². The summed E-state index contributed by atoms with van der Waals surface area (Å²) in [5.41, 5.74) is 0. The fourth-order valence-electron chi connectivity index (χ4n) is 2.74. The smallest absolute Gasteiger partial charge is 0.122 e. The van der Waals surface area contributed by atoms with E-state index in [4.69, 9.17) is 4.74 Å². The van der Waals surface area contributed by atoms with E-state index in [-0.39, 0.29) is 0 Å². The number of hydrogen-bond donors (Lipinski definition) is 2. The molecule has 1 aliphatic rings. The van der Waals surface area contributed by atoms with Crippen LogP contribution in [0.1, 0.15) is 38.4 Å². The van der Waals surface area contributed by atoms with Gasteiger partial charge < -0.3 is 19.7 Å². The van der Waals surface area contributed by atoms with E-state index in [9.17, 15) is 5.11 Å². The van der Waals surface area contributed by atoms with Crippen LogP contribution in [-0.4, -0.2) is 40.0 Å². The average Bonchev–Trinajstić information content (AvgIpc) is 2.84. The third-order valence-corrected chi connectivity index (χ3v) is 4.12. The Hall–Kier alpha value is -0.910. The highest BCUT2D eigenvalue weighted by molar-refractivity contribution is 4.90. The van der Waals surface area contributed by atoms with Crippen LogP contribution in [0, 0.1) is 5.92 Å². The van der Waals surface area contributed by atoms with Gasteiger partial charge in [0.2, 0.25) is 0 Å². The minimum Gasteiger partial charge on any atom is -0.389 e. The van der Waals surface area contributed by atoms with Gasteiger partial charge in [0.25, 0.3) is 0 Å². The predicted octanol–water partition coefficient (Wildman–Crippen LogP) is 1.47. The molecule has 0 aliphatic heterocycles. The zero-order valence-corrected chi connectivity index (χ0v) is 12.6. The van der Waals surface area contributed by atoms with E-state index in [1.807, 2.05) is 17.8 Å². The molecular formula is C15H27N3O2. The number of nitrogens with one attached hydrogen (secondary N) is 1. The molecule has 0 saturated heterocycles. The summed E-state index contributed by atoms with van der Waals surface area (Å²) in [4.78, 5) is 4.23. The van der Waals surface area contributed by atoms with Gasteiger partial charge in [0.05, 0.1) is 25.4 Å². The maximum Gasteiger partial charge on any atom is 0.122 e. The fourth-order valence-corrected chi connectivity index (χ4v) is 2.74. The summed E-state index contributed by atoms with van der Waals surface area (Å²) in [6.45, 7) is 3.87. The summed E-state index contributed by atoms with van der Waals surface area (Å²) >= 11 is 0. The lowest BCUT2D eigenvalue weighted by molar-refractivity contribution is -0.0452. The molecule has 0 radical (unpaired) electrons. The molecule has 0 spiro atoms. The number of hydrogen-bond acceptors (Lipinski definition) is 4. The van der Waals surface area contributed by atoms with Crippen LogP contribution in [0.5, 0.6) is 0 Å². The van der Waals surface area contributed by atoms with Gasteiger partial charge in [-0.3, -0.25) is 0 Å². The van der Waals surface area contributed by atoms with Crippen LogP contribution in [-0.2, 0) is 18.3 Å². The van der Waals surface area contributed by atoms with Gasteiger partial charge in [0, 0.05) is 26.0 Å². The second-order valence-corrected chi connectivity index (χ2v) is 5.87. The monoisotopic (exact) mass is 281 g/mol. The molecule has 5 heteroatoms. The number of ether oxygens (including phenoxy) is 1. The third kappa shape index (κ3) is 4.58. The molecule has 1 saturated carbocycles. The molecule has 20 heavy (non-hydrogen) atoms. The lowest BCUT2D eigenvalue weighted by Gasteiger charge is -2.29. The zero-order valence-electron chi connectivity index (χ0n) is 12.6. The highest BCUT2D eigenvalue weighted by Gasteiger charge is 2.22. The molecule has 0 bridgehead atoms. The lowest BCUT2D eigenvalue weighted by atomic mass is 9.88. The van der Waals surface area contributed by atoms with Crippen LogP contribution in [0.25, 0.3) is 0 Å². The third-order valence-electron chi connectivity index (χ3n) is 4.12. The SMILES string of the molecule is CC1CCCCC1OCC(O)CNCc1nccn1C. The lowest BCUT2D eigenvalue weighted by Crippen LogP contribution is -2.34. The molecular weight excluding hydrogens is 254 g/mol. The van der Waals surface area contributed by atoms with Crippen molar-refractivity contribution in [3.05, 3.63) is 18.2 Å². The van der Waals surface area contributed by atoms with Crippen LogP contribution in [0.4, 0.5) is 0 Å². The number of imidazole rings is 1. The Morgan fingerprint density at radius 3 is 3.00 bits per heavy atom. The van der Waals surface area contributed by atoms with Gasteiger partial charge in [-0.2, -0.15) is 0 Å². The fraction of sp³-hybridized carbons (Fsp3) is 0.800. The van der Waals surface area contributed by atoms with Crippen molar-refractivity contribution in [1.29, 1.82) is 0 Å². The van der Waals surface area contributed by atoms with Gasteiger partial charge in [-0.05, 0) is 18.8 Å². The van der Waals surface area contributed by atoms with E-state index in [1.165, 1.54) is 19.3 Å². The number of aryl methyl sites for hydroxylation is 1. The summed E-state index contributed by atoms with van der Waals surface area (Å²) in [6.07, 6.45) is 8.52. The summed E-state index contributed by atoms with van der Waals surface area (Å²) in [7, 11) is 1.97. The summed E-state index contributed by atoms with van der Waals surface area (Å²) in [5.74, 6) is 1.59. The van der Waals surface area contributed by atoms with E-state index in [1.54, 1.807) is 6.20 Å². The van der Waals surface area contributed by atoms with Crippen LogP contribution in [0.15, 0.2) is 12.4 Å². The van der Waals surface area contributed by atoms with Gasteiger partial charge in [0.1, 0.15) is 5.82 Å². The molecule has 2 rings (SSSR count). The molecule has 1 aromatic rings. The molecule has 2 N–H and O–H groups in total. The zero-order chi connectivity index (χ0) is 14.4. The van der Waals surface area contributed by atoms with Crippen molar-refractivity contribution in [1.82, 2.24) is 14.9 Å². The molecule has 0 amide bonds. The molecule has 1 aliphatic carbocycles. The Bertz CT molecular complexity index is 394. The van der Waals surface area contributed by atoms with E-state index in [0.717, 1.165) is 12.2 Å². The first-order chi connectivity index (χ1) is 9.66. The largest absolute Gasteiger partial charge is 0.389 e. The summed E-state index contributed by atoms with van der Waals surface area (Å²) < 4.78 is 7.83. The van der Waals surface area contributed by atoms with Crippen molar-refractivity contribution in [3.63, 3.8) is 0 Å². The first-order valence-electron chi connectivity index (χ1n) is 7.63. The Morgan fingerprint density at radius 2 is 2.30 bits per heavy atom. The second-order valence-electron chi connectivity index (χ2n) is 5.87. The van der Waals surface area contributed by atoms with Crippen LogP contribution < -0.4 is 5.32 Å². The van der Waals surface area contributed by atoms with Crippen molar-refractivity contribution in [3.8, 4) is 0 Å². The van der Waals surface area contributed by atoms with Crippen LogP contribution >= 0.6 is 0 Å². The minimum absolute atomic E-state index is 0.327. The van der Waals surface area contributed by atoms with Gasteiger partial charge in [0.15, 0.2) is 0 Å².